The lowest BCUT2D eigenvalue weighted by Gasteiger charge is -2.26. The van der Waals surface area contributed by atoms with E-state index in [0.29, 0.717) is 0 Å². The second-order valence-electron chi connectivity index (χ2n) is 16.2. The van der Waals surface area contributed by atoms with E-state index in [9.17, 15) is 0 Å². The maximum Gasteiger partial charge on any atom is 0.0547 e. The molecule has 0 bridgehead atoms. The van der Waals surface area contributed by atoms with Crippen LogP contribution in [0.4, 0.5) is 17.1 Å². The minimum Gasteiger partial charge on any atom is -0.310 e. The van der Waals surface area contributed by atoms with Gasteiger partial charge < -0.3 is 14.0 Å². The standard InChI is InChI=1S/C60H41N3/c1-4-14-42(15-5-1)44-24-33-50(34-25-44)62-58-23-13-11-21-54(58)56-41-52(37-39-59(56)62)61(48-18-8-3-9-19-48)49-31-28-46(29-32-49)47-30-38-55-53-20-10-12-22-57(53)63(60(55)40-47)51-35-26-45(27-36-51)43-16-6-2-7-17-43/h1-41H. The fourth-order valence-corrected chi connectivity index (χ4v) is 9.50. The zero-order valence-corrected chi connectivity index (χ0v) is 34.5. The van der Waals surface area contributed by atoms with Gasteiger partial charge in [-0.25, -0.2) is 0 Å². The van der Waals surface area contributed by atoms with Crippen molar-refractivity contribution in [1.82, 2.24) is 9.13 Å². The van der Waals surface area contributed by atoms with E-state index in [4.69, 9.17) is 0 Å². The lowest BCUT2D eigenvalue weighted by molar-refractivity contribution is 1.18. The molecule has 2 aromatic heterocycles. The molecule has 0 aliphatic rings. The van der Waals surface area contributed by atoms with E-state index in [2.05, 4.69) is 263 Å². The lowest BCUT2D eigenvalue weighted by atomic mass is 10.0. The molecule has 0 radical (unpaired) electrons. The smallest absolute Gasteiger partial charge is 0.0547 e. The quantitative estimate of drug-likeness (QED) is 0.149. The fraction of sp³-hybridized carbons (Fsp3) is 0. The van der Waals surface area contributed by atoms with Crippen LogP contribution in [0.2, 0.25) is 0 Å². The molecule has 3 nitrogen and oxygen atoms in total. The Kier molecular flexibility index (Phi) is 8.83. The molecule has 0 N–H and O–H groups in total. The summed E-state index contributed by atoms with van der Waals surface area (Å²) in [4.78, 5) is 2.37. The van der Waals surface area contributed by atoms with Crippen LogP contribution in [-0.2, 0) is 0 Å². The van der Waals surface area contributed by atoms with Crippen molar-refractivity contribution in [3.8, 4) is 44.8 Å². The molecule has 0 aliphatic carbocycles. The van der Waals surface area contributed by atoms with Crippen molar-refractivity contribution in [1.29, 1.82) is 0 Å². The number of nitrogens with zero attached hydrogens (tertiary/aromatic N) is 3. The number of hydrogen-bond donors (Lipinski definition) is 0. The first-order chi connectivity index (χ1) is 31.2. The van der Waals surface area contributed by atoms with Gasteiger partial charge in [0.1, 0.15) is 0 Å². The average molecular weight is 804 g/mol. The Morgan fingerprint density at radius 2 is 0.603 bits per heavy atom. The molecule has 0 atom stereocenters. The fourth-order valence-electron chi connectivity index (χ4n) is 9.50. The van der Waals surface area contributed by atoms with Crippen LogP contribution in [0.15, 0.2) is 249 Å². The Hall–Kier alpha value is -8.40. The zero-order valence-electron chi connectivity index (χ0n) is 34.5. The van der Waals surface area contributed by atoms with Gasteiger partial charge in [-0.05, 0) is 118 Å². The molecule has 0 unspecified atom stereocenters. The first kappa shape index (κ1) is 36.5. The van der Waals surface area contributed by atoms with Gasteiger partial charge in [-0.15, -0.1) is 0 Å². The van der Waals surface area contributed by atoms with E-state index in [0.717, 1.165) is 28.4 Å². The molecular formula is C60H41N3. The molecule has 0 amide bonds. The van der Waals surface area contributed by atoms with E-state index in [1.165, 1.54) is 77.0 Å². The molecule has 63 heavy (non-hydrogen) atoms. The molecule has 2 heterocycles. The van der Waals surface area contributed by atoms with Gasteiger partial charge in [0, 0.05) is 50.0 Å². The van der Waals surface area contributed by atoms with Gasteiger partial charge in [-0.3, -0.25) is 0 Å². The molecule has 296 valence electrons. The van der Waals surface area contributed by atoms with Crippen LogP contribution in [0.3, 0.4) is 0 Å². The van der Waals surface area contributed by atoms with Crippen molar-refractivity contribution >= 4 is 60.7 Å². The number of benzene rings is 10. The van der Waals surface area contributed by atoms with E-state index >= 15 is 0 Å². The van der Waals surface area contributed by atoms with Crippen LogP contribution in [0.5, 0.6) is 0 Å². The molecule has 0 fully saturated rings. The Labute approximate surface area is 366 Å². The monoisotopic (exact) mass is 803 g/mol. The third-order valence-electron chi connectivity index (χ3n) is 12.5. The van der Waals surface area contributed by atoms with Gasteiger partial charge in [-0.1, -0.05) is 164 Å². The van der Waals surface area contributed by atoms with Crippen LogP contribution >= 0.6 is 0 Å². The van der Waals surface area contributed by atoms with Crippen molar-refractivity contribution in [3.05, 3.63) is 249 Å². The van der Waals surface area contributed by atoms with Gasteiger partial charge in [0.25, 0.3) is 0 Å². The lowest BCUT2D eigenvalue weighted by Crippen LogP contribution is -2.09. The molecular weight excluding hydrogens is 763 g/mol. The molecule has 10 aromatic carbocycles. The summed E-state index contributed by atoms with van der Waals surface area (Å²) in [6.45, 7) is 0. The van der Waals surface area contributed by atoms with E-state index in [1.54, 1.807) is 0 Å². The van der Waals surface area contributed by atoms with Crippen molar-refractivity contribution in [2.24, 2.45) is 0 Å². The Morgan fingerprint density at radius 3 is 1.19 bits per heavy atom. The van der Waals surface area contributed by atoms with E-state index in [1.807, 2.05) is 0 Å². The molecule has 12 aromatic rings. The number of anilines is 3. The van der Waals surface area contributed by atoms with Crippen molar-refractivity contribution in [3.63, 3.8) is 0 Å². The summed E-state index contributed by atoms with van der Waals surface area (Å²) in [6.07, 6.45) is 0. The highest BCUT2D eigenvalue weighted by atomic mass is 15.1. The van der Waals surface area contributed by atoms with Crippen LogP contribution in [0.1, 0.15) is 0 Å². The average Bonchev–Trinajstić information content (AvgIpc) is 3.87. The van der Waals surface area contributed by atoms with Crippen LogP contribution in [-0.4, -0.2) is 9.13 Å². The minimum atomic E-state index is 1.10. The third-order valence-corrected chi connectivity index (χ3v) is 12.5. The van der Waals surface area contributed by atoms with Gasteiger partial charge in [-0.2, -0.15) is 0 Å². The molecule has 3 heteroatoms. The number of aromatic nitrogens is 2. The first-order valence-electron chi connectivity index (χ1n) is 21.6. The minimum absolute atomic E-state index is 1.10. The summed E-state index contributed by atoms with van der Waals surface area (Å²) in [5.41, 5.74) is 17.6. The zero-order chi connectivity index (χ0) is 41.7. The topological polar surface area (TPSA) is 13.1 Å². The highest BCUT2D eigenvalue weighted by Crippen LogP contribution is 2.41. The Morgan fingerprint density at radius 1 is 0.222 bits per heavy atom. The summed E-state index contributed by atoms with van der Waals surface area (Å²) < 4.78 is 4.79. The Balaban J connectivity index is 0.927. The molecule has 0 aliphatic heterocycles. The van der Waals surface area contributed by atoms with Gasteiger partial charge in [0.15, 0.2) is 0 Å². The maximum atomic E-state index is 2.40. The number of rotatable bonds is 8. The first-order valence-corrected chi connectivity index (χ1v) is 21.6. The largest absolute Gasteiger partial charge is 0.310 e. The van der Waals surface area contributed by atoms with Crippen molar-refractivity contribution in [2.45, 2.75) is 0 Å². The highest BCUT2D eigenvalue weighted by Gasteiger charge is 2.19. The number of para-hydroxylation sites is 3. The van der Waals surface area contributed by atoms with Crippen LogP contribution < -0.4 is 4.90 Å². The second-order valence-corrected chi connectivity index (χ2v) is 16.2. The second kappa shape index (κ2) is 15.3. The third kappa shape index (κ3) is 6.38. The molecule has 0 saturated heterocycles. The van der Waals surface area contributed by atoms with Crippen molar-refractivity contribution in [2.75, 3.05) is 4.90 Å². The number of fused-ring (bicyclic) bond motifs is 6. The van der Waals surface area contributed by atoms with E-state index in [-0.39, 0.29) is 0 Å². The predicted molar refractivity (Wildman–Crippen MR) is 266 cm³/mol. The predicted octanol–water partition coefficient (Wildman–Crippen LogP) is 16.4. The summed E-state index contributed by atoms with van der Waals surface area (Å²) in [5.74, 6) is 0. The SMILES string of the molecule is c1ccc(-c2ccc(-n3c4ccccc4c4cc(N(c5ccccc5)c5ccc(-c6ccc7c8ccccc8n(-c8ccc(-c9ccccc9)cc8)c7c6)cc5)ccc43)cc2)cc1. The van der Waals surface area contributed by atoms with Gasteiger partial charge >= 0.3 is 0 Å². The number of hydrogen-bond acceptors (Lipinski definition) is 1. The summed E-state index contributed by atoms with van der Waals surface area (Å²) in [7, 11) is 0. The molecule has 0 spiro atoms. The van der Waals surface area contributed by atoms with Crippen LogP contribution in [0, 0.1) is 0 Å². The summed E-state index contributed by atoms with van der Waals surface area (Å²) in [5, 5.41) is 4.94. The molecule has 12 rings (SSSR count). The Bertz CT molecular complexity index is 3570. The van der Waals surface area contributed by atoms with E-state index < -0.39 is 0 Å². The van der Waals surface area contributed by atoms with Gasteiger partial charge in [0.2, 0.25) is 0 Å². The summed E-state index contributed by atoms with van der Waals surface area (Å²) >= 11 is 0. The normalized spacial score (nSPS) is 11.5. The van der Waals surface area contributed by atoms with Crippen LogP contribution in [0.25, 0.3) is 88.4 Å². The van der Waals surface area contributed by atoms with Gasteiger partial charge in [0.05, 0.1) is 22.1 Å². The van der Waals surface area contributed by atoms with Crippen molar-refractivity contribution < 1.29 is 0 Å². The molecule has 0 saturated carbocycles. The summed E-state index contributed by atoms with van der Waals surface area (Å²) in [6, 6.07) is 90.0. The highest BCUT2D eigenvalue weighted by molar-refractivity contribution is 6.11. The maximum absolute atomic E-state index is 2.40.